The Labute approximate surface area is 185 Å². The van der Waals surface area contributed by atoms with Gasteiger partial charge in [0.25, 0.3) is 5.91 Å². The molecule has 1 amide bonds. The predicted molar refractivity (Wildman–Crippen MR) is 123 cm³/mol. The number of pyridine rings is 1. The summed E-state index contributed by atoms with van der Waals surface area (Å²) in [6.45, 7) is 2.53. The molecule has 32 heavy (non-hydrogen) atoms. The highest BCUT2D eigenvalue weighted by atomic mass is 19.1. The van der Waals surface area contributed by atoms with Crippen molar-refractivity contribution in [2.24, 2.45) is 0 Å². The first-order valence-corrected chi connectivity index (χ1v) is 10.6. The zero-order valence-electron chi connectivity index (χ0n) is 17.4. The van der Waals surface area contributed by atoms with Crippen LogP contribution in [0, 0.1) is 5.82 Å². The van der Waals surface area contributed by atoms with E-state index < -0.39 is 0 Å². The number of para-hydroxylation sites is 1. The third-order valence-corrected chi connectivity index (χ3v) is 5.85. The lowest BCUT2D eigenvalue weighted by atomic mass is 10.0. The summed E-state index contributed by atoms with van der Waals surface area (Å²) in [6.07, 6.45) is 0. The molecule has 0 aliphatic carbocycles. The number of phenolic OH excluding ortho intramolecular Hbond substituents is 1. The molecule has 3 aromatic carbocycles. The lowest BCUT2D eigenvalue weighted by Gasteiger charge is -2.36. The molecule has 0 radical (unpaired) electrons. The standard InChI is InChI=1S/C26H22FN3O2/c27-19-10-8-18(9-11-19)25-17-23(22-6-1-2-7-24(22)28-25)26(32)30-14-12-29(13-15-30)20-4-3-5-21(31)16-20/h1-11,16-17,31H,12-15H2. The van der Waals surface area contributed by atoms with Gasteiger partial charge in [-0.25, -0.2) is 9.37 Å². The topological polar surface area (TPSA) is 56.7 Å². The number of piperazine rings is 1. The maximum atomic E-state index is 13.5. The number of aromatic hydroxyl groups is 1. The van der Waals surface area contributed by atoms with Crippen LogP contribution in [0.5, 0.6) is 5.75 Å². The Morgan fingerprint density at radius 2 is 1.62 bits per heavy atom. The Morgan fingerprint density at radius 3 is 2.38 bits per heavy atom. The molecule has 1 saturated heterocycles. The van der Waals surface area contributed by atoms with Gasteiger partial charge >= 0.3 is 0 Å². The normalized spacial score (nSPS) is 14.0. The molecule has 1 aliphatic heterocycles. The van der Waals surface area contributed by atoms with Crippen LogP contribution >= 0.6 is 0 Å². The number of hydrogen-bond acceptors (Lipinski definition) is 4. The van der Waals surface area contributed by atoms with Crippen LogP contribution in [0.15, 0.2) is 78.9 Å². The van der Waals surface area contributed by atoms with Crippen molar-refractivity contribution in [3.05, 3.63) is 90.2 Å². The van der Waals surface area contributed by atoms with Gasteiger partial charge in [0.15, 0.2) is 0 Å². The number of amides is 1. The molecule has 2 heterocycles. The Morgan fingerprint density at radius 1 is 0.875 bits per heavy atom. The summed E-state index contributed by atoms with van der Waals surface area (Å²) in [4.78, 5) is 22.2. The van der Waals surface area contributed by atoms with Crippen molar-refractivity contribution >= 4 is 22.5 Å². The lowest BCUT2D eigenvalue weighted by molar-refractivity contribution is 0.0748. The smallest absolute Gasteiger partial charge is 0.254 e. The van der Waals surface area contributed by atoms with Crippen LogP contribution in [0.1, 0.15) is 10.4 Å². The third-order valence-electron chi connectivity index (χ3n) is 5.85. The second-order valence-corrected chi connectivity index (χ2v) is 7.88. The number of phenols is 1. The van der Waals surface area contributed by atoms with E-state index in [4.69, 9.17) is 4.98 Å². The van der Waals surface area contributed by atoms with Crippen molar-refractivity contribution in [3.8, 4) is 17.0 Å². The molecule has 0 saturated carbocycles. The third kappa shape index (κ3) is 3.87. The van der Waals surface area contributed by atoms with Crippen LogP contribution in [0.2, 0.25) is 0 Å². The van der Waals surface area contributed by atoms with Crippen molar-refractivity contribution < 1.29 is 14.3 Å². The Balaban J connectivity index is 1.44. The number of halogens is 1. The first kappa shape index (κ1) is 20.0. The van der Waals surface area contributed by atoms with Gasteiger partial charge in [0, 0.05) is 48.9 Å². The zero-order valence-corrected chi connectivity index (χ0v) is 17.4. The summed E-state index contributed by atoms with van der Waals surface area (Å²) in [7, 11) is 0. The maximum Gasteiger partial charge on any atom is 0.254 e. The summed E-state index contributed by atoms with van der Waals surface area (Å²) in [5.41, 5.74) is 3.69. The van der Waals surface area contributed by atoms with Crippen LogP contribution in [-0.4, -0.2) is 47.1 Å². The largest absolute Gasteiger partial charge is 0.508 e. The summed E-state index contributed by atoms with van der Waals surface area (Å²) in [5.74, 6) is -0.115. The average Bonchev–Trinajstić information content (AvgIpc) is 2.83. The van der Waals surface area contributed by atoms with Gasteiger partial charge in [-0.2, -0.15) is 0 Å². The molecule has 5 rings (SSSR count). The molecule has 5 nitrogen and oxygen atoms in total. The van der Waals surface area contributed by atoms with Crippen LogP contribution in [0.3, 0.4) is 0 Å². The van der Waals surface area contributed by atoms with Crippen molar-refractivity contribution in [1.29, 1.82) is 0 Å². The van der Waals surface area contributed by atoms with Gasteiger partial charge in [0.2, 0.25) is 0 Å². The van der Waals surface area contributed by atoms with Gasteiger partial charge < -0.3 is 14.9 Å². The van der Waals surface area contributed by atoms with E-state index >= 15 is 0 Å². The molecule has 0 bridgehead atoms. The Kier molecular flexibility index (Phi) is 5.19. The van der Waals surface area contributed by atoms with E-state index in [2.05, 4.69) is 4.90 Å². The first-order chi connectivity index (χ1) is 15.6. The molecule has 160 valence electrons. The first-order valence-electron chi connectivity index (χ1n) is 10.6. The quantitative estimate of drug-likeness (QED) is 0.515. The molecule has 1 fully saturated rings. The minimum absolute atomic E-state index is 0.0393. The number of benzene rings is 3. The fourth-order valence-corrected chi connectivity index (χ4v) is 4.15. The zero-order chi connectivity index (χ0) is 22.1. The number of aromatic nitrogens is 1. The second-order valence-electron chi connectivity index (χ2n) is 7.88. The Bertz CT molecular complexity index is 1280. The molecule has 1 N–H and O–H groups in total. The summed E-state index contributed by atoms with van der Waals surface area (Å²) >= 11 is 0. The molecule has 0 atom stereocenters. The van der Waals surface area contributed by atoms with Gasteiger partial charge in [-0.3, -0.25) is 4.79 Å². The lowest BCUT2D eigenvalue weighted by Crippen LogP contribution is -2.48. The average molecular weight is 427 g/mol. The fourth-order valence-electron chi connectivity index (χ4n) is 4.15. The second kappa shape index (κ2) is 8.30. The van der Waals surface area contributed by atoms with E-state index in [1.807, 2.05) is 41.3 Å². The molecular formula is C26H22FN3O2. The fraction of sp³-hybridized carbons (Fsp3) is 0.154. The monoisotopic (exact) mass is 427 g/mol. The number of fused-ring (bicyclic) bond motifs is 1. The predicted octanol–water partition coefficient (Wildman–Crippen LogP) is 4.71. The number of carbonyl (C=O) groups excluding carboxylic acids is 1. The van der Waals surface area contributed by atoms with Gasteiger partial charge in [0.1, 0.15) is 11.6 Å². The van der Waals surface area contributed by atoms with Gasteiger partial charge in [-0.05, 0) is 48.5 Å². The highest BCUT2D eigenvalue weighted by Gasteiger charge is 2.24. The summed E-state index contributed by atoms with van der Waals surface area (Å²) in [6, 6.07) is 22.7. The van der Waals surface area contributed by atoms with Crippen molar-refractivity contribution in [2.45, 2.75) is 0 Å². The van der Waals surface area contributed by atoms with Crippen LogP contribution in [0.25, 0.3) is 22.2 Å². The summed E-state index contributed by atoms with van der Waals surface area (Å²) < 4.78 is 13.4. The molecule has 4 aromatic rings. The van der Waals surface area contributed by atoms with E-state index in [-0.39, 0.29) is 17.5 Å². The number of carbonyl (C=O) groups is 1. The highest BCUT2D eigenvalue weighted by Crippen LogP contribution is 2.27. The maximum absolute atomic E-state index is 13.5. The molecule has 1 aliphatic rings. The number of hydrogen-bond donors (Lipinski definition) is 1. The van der Waals surface area contributed by atoms with E-state index in [9.17, 15) is 14.3 Å². The Hall–Kier alpha value is -3.93. The SMILES string of the molecule is O=C(c1cc(-c2ccc(F)cc2)nc2ccccc12)N1CCN(c2cccc(O)c2)CC1. The summed E-state index contributed by atoms with van der Waals surface area (Å²) in [5, 5.41) is 10.6. The molecule has 0 spiro atoms. The minimum Gasteiger partial charge on any atom is -0.508 e. The van der Waals surface area contributed by atoms with E-state index in [0.29, 0.717) is 37.4 Å². The van der Waals surface area contributed by atoms with Crippen LogP contribution in [0.4, 0.5) is 10.1 Å². The number of rotatable bonds is 3. The molecule has 6 heteroatoms. The molecular weight excluding hydrogens is 405 g/mol. The van der Waals surface area contributed by atoms with Crippen LogP contribution in [-0.2, 0) is 0 Å². The minimum atomic E-state index is -0.310. The van der Waals surface area contributed by atoms with E-state index in [1.165, 1.54) is 12.1 Å². The van der Waals surface area contributed by atoms with Gasteiger partial charge in [0.05, 0.1) is 16.8 Å². The molecule has 0 unspecified atom stereocenters. The molecule has 1 aromatic heterocycles. The van der Waals surface area contributed by atoms with Gasteiger partial charge in [-0.1, -0.05) is 24.3 Å². The number of nitrogens with zero attached hydrogens (tertiary/aromatic N) is 3. The van der Waals surface area contributed by atoms with E-state index in [1.54, 1.807) is 30.3 Å². The van der Waals surface area contributed by atoms with Crippen molar-refractivity contribution in [3.63, 3.8) is 0 Å². The number of anilines is 1. The highest BCUT2D eigenvalue weighted by molar-refractivity contribution is 6.07. The van der Waals surface area contributed by atoms with Crippen LogP contribution < -0.4 is 4.90 Å². The van der Waals surface area contributed by atoms with Crippen molar-refractivity contribution in [1.82, 2.24) is 9.88 Å². The van der Waals surface area contributed by atoms with E-state index in [0.717, 1.165) is 22.2 Å². The van der Waals surface area contributed by atoms with Gasteiger partial charge in [-0.15, -0.1) is 0 Å². The van der Waals surface area contributed by atoms with Crippen molar-refractivity contribution in [2.75, 3.05) is 31.1 Å².